The van der Waals surface area contributed by atoms with Crippen molar-refractivity contribution in [1.82, 2.24) is 4.98 Å². The van der Waals surface area contributed by atoms with Gasteiger partial charge in [-0.2, -0.15) is 13.2 Å². The standard InChI is InChI=1S/C15H12F3NO/c1-2-14(20)13-8-4-7-12(19-13)10-5-3-6-11(9-10)15(16,17)18/h3-9H,2H2,1H3. The van der Waals surface area contributed by atoms with E-state index in [1.807, 2.05) is 0 Å². The van der Waals surface area contributed by atoms with Crippen molar-refractivity contribution in [3.63, 3.8) is 0 Å². The lowest BCUT2D eigenvalue weighted by molar-refractivity contribution is -0.137. The van der Waals surface area contributed by atoms with E-state index < -0.39 is 11.7 Å². The Morgan fingerprint density at radius 3 is 2.50 bits per heavy atom. The molecule has 0 aliphatic rings. The molecule has 0 unspecified atom stereocenters. The van der Waals surface area contributed by atoms with Crippen LogP contribution in [0.3, 0.4) is 0 Å². The van der Waals surface area contributed by atoms with Crippen LogP contribution in [0.5, 0.6) is 0 Å². The number of ketones is 1. The first-order valence-electron chi connectivity index (χ1n) is 6.09. The second-order valence-electron chi connectivity index (χ2n) is 4.26. The molecule has 2 rings (SSSR count). The highest BCUT2D eigenvalue weighted by Crippen LogP contribution is 2.31. The summed E-state index contributed by atoms with van der Waals surface area (Å²) in [7, 11) is 0. The highest BCUT2D eigenvalue weighted by molar-refractivity contribution is 5.94. The summed E-state index contributed by atoms with van der Waals surface area (Å²) in [6.07, 6.45) is -4.09. The minimum atomic E-state index is -4.40. The van der Waals surface area contributed by atoms with Crippen molar-refractivity contribution in [2.24, 2.45) is 0 Å². The van der Waals surface area contributed by atoms with Crippen LogP contribution in [0.25, 0.3) is 11.3 Å². The Morgan fingerprint density at radius 1 is 1.15 bits per heavy atom. The number of nitrogens with zero attached hydrogens (tertiary/aromatic N) is 1. The van der Waals surface area contributed by atoms with E-state index in [1.54, 1.807) is 25.1 Å². The third-order valence-corrected chi connectivity index (χ3v) is 2.84. The average molecular weight is 279 g/mol. The van der Waals surface area contributed by atoms with Gasteiger partial charge < -0.3 is 0 Å². The maximum absolute atomic E-state index is 12.7. The Kier molecular flexibility index (Phi) is 3.88. The van der Waals surface area contributed by atoms with Crippen molar-refractivity contribution < 1.29 is 18.0 Å². The zero-order chi connectivity index (χ0) is 14.8. The van der Waals surface area contributed by atoms with Gasteiger partial charge in [-0.1, -0.05) is 25.1 Å². The van der Waals surface area contributed by atoms with E-state index in [2.05, 4.69) is 4.98 Å². The van der Waals surface area contributed by atoms with E-state index in [1.165, 1.54) is 12.1 Å². The molecule has 1 aromatic carbocycles. The monoisotopic (exact) mass is 279 g/mol. The van der Waals surface area contributed by atoms with Gasteiger partial charge in [-0.15, -0.1) is 0 Å². The number of hydrogen-bond acceptors (Lipinski definition) is 2. The van der Waals surface area contributed by atoms with E-state index in [0.29, 0.717) is 17.7 Å². The zero-order valence-electron chi connectivity index (χ0n) is 10.7. The lowest BCUT2D eigenvalue weighted by Gasteiger charge is -2.09. The minimum Gasteiger partial charge on any atom is -0.292 e. The largest absolute Gasteiger partial charge is 0.416 e. The predicted octanol–water partition coefficient (Wildman–Crippen LogP) is 4.36. The molecule has 0 spiro atoms. The Balaban J connectivity index is 2.44. The van der Waals surface area contributed by atoms with Crippen LogP contribution in [0, 0.1) is 0 Å². The Bertz CT molecular complexity index is 635. The summed E-state index contributed by atoms with van der Waals surface area (Å²) in [6.45, 7) is 1.71. The number of benzene rings is 1. The molecule has 0 saturated carbocycles. The van der Waals surface area contributed by atoms with Crippen LogP contribution in [0.2, 0.25) is 0 Å². The molecule has 0 atom stereocenters. The van der Waals surface area contributed by atoms with E-state index in [4.69, 9.17) is 0 Å². The van der Waals surface area contributed by atoms with Crippen LogP contribution >= 0.6 is 0 Å². The van der Waals surface area contributed by atoms with Crippen molar-refractivity contribution in [2.75, 3.05) is 0 Å². The topological polar surface area (TPSA) is 30.0 Å². The van der Waals surface area contributed by atoms with Crippen molar-refractivity contribution in [3.8, 4) is 11.3 Å². The Morgan fingerprint density at radius 2 is 1.85 bits per heavy atom. The second kappa shape index (κ2) is 5.45. The van der Waals surface area contributed by atoms with Gasteiger partial charge in [0.2, 0.25) is 0 Å². The van der Waals surface area contributed by atoms with Crippen LogP contribution < -0.4 is 0 Å². The number of Topliss-reactive ketones (excluding diaryl/α,β-unsaturated/α-hetero) is 1. The lowest BCUT2D eigenvalue weighted by atomic mass is 10.1. The molecule has 20 heavy (non-hydrogen) atoms. The van der Waals surface area contributed by atoms with Gasteiger partial charge in [-0.25, -0.2) is 4.98 Å². The molecule has 0 fully saturated rings. The molecule has 104 valence electrons. The fraction of sp³-hybridized carbons (Fsp3) is 0.200. The summed E-state index contributed by atoms with van der Waals surface area (Å²) in [4.78, 5) is 15.7. The van der Waals surface area contributed by atoms with Crippen molar-refractivity contribution >= 4 is 5.78 Å². The fourth-order valence-electron chi connectivity index (χ4n) is 1.79. The lowest BCUT2D eigenvalue weighted by Crippen LogP contribution is -2.05. The smallest absolute Gasteiger partial charge is 0.292 e. The van der Waals surface area contributed by atoms with Gasteiger partial charge in [0.25, 0.3) is 0 Å². The average Bonchev–Trinajstić information content (AvgIpc) is 2.46. The summed E-state index contributed by atoms with van der Waals surface area (Å²) in [5, 5.41) is 0. The van der Waals surface area contributed by atoms with Crippen molar-refractivity contribution in [2.45, 2.75) is 19.5 Å². The molecule has 1 heterocycles. The molecule has 1 aromatic heterocycles. The summed E-state index contributed by atoms with van der Waals surface area (Å²) >= 11 is 0. The third-order valence-electron chi connectivity index (χ3n) is 2.84. The normalized spacial score (nSPS) is 11.4. The molecule has 2 nitrogen and oxygen atoms in total. The van der Waals surface area contributed by atoms with E-state index in [-0.39, 0.29) is 11.5 Å². The molecule has 0 aliphatic carbocycles. The molecule has 0 bridgehead atoms. The van der Waals surface area contributed by atoms with Gasteiger partial charge in [-0.05, 0) is 24.3 Å². The van der Waals surface area contributed by atoms with Gasteiger partial charge in [0, 0.05) is 12.0 Å². The van der Waals surface area contributed by atoms with Crippen molar-refractivity contribution in [3.05, 3.63) is 53.7 Å². The summed E-state index contributed by atoms with van der Waals surface area (Å²) in [5.41, 5.74) is 0.229. The molecule has 0 radical (unpaired) electrons. The van der Waals surface area contributed by atoms with Crippen LogP contribution in [-0.2, 0) is 6.18 Å². The van der Waals surface area contributed by atoms with Gasteiger partial charge in [0.05, 0.1) is 11.3 Å². The highest BCUT2D eigenvalue weighted by Gasteiger charge is 2.30. The van der Waals surface area contributed by atoms with Gasteiger partial charge in [0.1, 0.15) is 5.69 Å². The number of hydrogen-bond donors (Lipinski definition) is 0. The molecule has 2 aromatic rings. The first-order chi connectivity index (χ1) is 9.41. The highest BCUT2D eigenvalue weighted by atomic mass is 19.4. The number of pyridine rings is 1. The maximum Gasteiger partial charge on any atom is 0.416 e. The number of alkyl halides is 3. The van der Waals surface area contributed by atoms with E-state index in [9.17, 15) is 18.0 Å². The number of halogens is 3. The van der Waals surface area contributed by atoms with Crippen LogP contribution in [0.4, 0.5) is 13.2 Å². The Hall–Kier alpha value is -2.17. The fourth-order valence-corrected chi connectivity index (χ4v) is 1.79. The van der Waals surface area contributed by atoms with E-state index in [0.717, 1.165) is 12.1 Å². The Labute approximate surface area is 114 Å². The molecule has 0 N–H and O–H groups in total. The molecule has 5 heteroatoms. The molecule has 0 amide bonds. The predicted molar refractivity (Wildman–Crippen MR) is 69.3 cm³/mol. The number of carbonyl (C=O) groups excluding carboxylic acids is 1. The zero-order valence-corrected chi connectivity index (χ0v) is 10.7. The van der Waals surface area contributed by atoms with Crippen LogP contribution in [0.1, 0.15) is 29.4 Å². The maximum atomic E-state index is 12.7. The first-order valence-corrected chi connectivity index (χ1v) is 6.09. The molecule has 0 saturated heterocycles. The summed E-state index contributed by atoms with van der Waals surface area (Å²) < 4.78 is 38.0. The van der Waals surface area contributed by atoms with E-state index >= 15 is 0 Å². The second-order valence-corrected chi connectivity index (χ2v) is 4.26. The minimum absolute atomic E-state index is 0.140. The summed E-state index contributed by atoms with van der Waals surface area (Å²) in [6, 6.07) is 9.66. The van der Waals surface area contributed by atoms with Crippen molar-refractivity contribution in [1.29, 1.82) is 0 Å². The van der Waals surface area contributed by atoms with Gasteiger partial charge in [0.15, 0.2) is 5.78 Å². The van der Waals surface area contributed by atoms with Gasteiger partial charge in [-0.3, -0.25) is 4.79 Å². The third kappa shape index (κ3) is 3.04. The first kappa shape index (κ1) is 14.2. The summed E-state index contributed by atoms with van der Waals surface area (Å²) in [5.74, 6) is -0.140. The van der Waals surface area contributed by atoms with Crippen LogP contribution in [-0.4, -0.2) is 10.8 Å². The number of rotatable bonds is 3. The molecular weight excluding hydrogens is 267 g/mol. The molecular formula is C15H12F3NO. The number of aromatic nitrogens is 1. The van der Waals surface area contributed by atoms with Gasteiger partial charge >= 0.3 is 6.18 Å². The quantitative estimate of drug-likeness (QED) is 0.781. The number of carbonyl (C=O) groups is 1. The van der Waals surface area contributed by atoms with Crippen LogP contribution in [0.15, 0.2) is 42.5 Å². The SMILES string of the molecule is CCC(=O)c1cccc(-c2cccc(C(F)(F)F)c2)n1. The molecule has 0 aliphatic heterocycles.